The summed E-state index contributed by atoms with van der Waals surface area (Å²) in [6, 6.07) is 10.3. The fraction of sp³-hybridized carbons (Fsp3) is 0.0526. The molecule has 2 nitrogen and oxygen atoms in total. The highest BCUT2D eigenvalue weighted by molar-refractivity contribution is 6.11. The van der Waals surface area contributed by atoms with Gasteiger partial charge in [-0.2, -0.15) is 0 Å². The average Bonchev–Trinajstić information content (AvgIpc) is 3.07. The summed E-state index contributed by atoms with van der Waals surface area (Å²) in [5, 5.41) is 4.51. The van der Waals surface area contributed by atoms with Gasteiger partial charge in [-0.3, -0.25) is 0 Å². The first-order chi connectivity index (χ1) is 10.3. The van der Waals surface area contributed by atoms with Gasteiger partial charge in [0.25, 0.3) is 0 Å². The molecule has 2 heterocycles. The van der Waals surface area contributed by atoms with Gasteiger partial charge < -0.3 is 8.83 Å². The van der Waals surface area contributed by atoms with E-state index < -0.39 is 0 Å². The minimum Gasteiger partial charge on any atom is -0.456 e. The third-order valence-corrected chi connectivity index (χ3v) is 4.16. The minimum atomic E-state index is 0.799. The Bertz CT molecular complexity index is 1180. The molecule has 21 heavy (non-hydrogen) atoms. The summed E-state index contributed by atoms with van der Waals surface area (Å²) in [5.41, 5.74) is 4.55. The van der Waals surface area contributed by atoms with Crippen molar-refractivity contribution in [2.45, 2.75) is 6.92 Å². The Morgan fingerprint density at radius 1 is 0.952 bits per heavy atom. The molecular weight excluding hydrogens is 260 g/mol. The molecule has 0 spiro atoms. The molecule has 0 bridgehead atoms. The SMILES string of the molecule is Cc1c2oc3c(c2cc2c1oc1ccccc12)=CC=C[C+]=3. The zero-order chi connectivity index (χ0) is 14.0. The second-order valence-electron chi connectivity index (χ2n) is 5.37. The molecule has 0 aliphatic heterocycles. The Labute approximate surface area is 120 Å². The lowest BCUT2D eigenvalue weighted by Crippen LogP contribution is -2.20. The number of hydrogen-bond acceptors (Lipinski definition) is 2. The Morgan fingerprint density at radius 3 is 2.76 bits per heavy atom. The molecule has 0 N–H and O–H groups in total. The highest BCUT2D eigenvalue weighted by Gasteiger charge is 2.19. The van der Waals surface area contributed by atoms with Gasteiger partial charge in [0.1, 0.15) is 22.5 Å². The van der Waals surface area contributed by atoms with E-state index in [9.17, 15) is 0 Å². The molecule has 0 saturated carbocycles. The molecule has 0 atom stereocenters. The van der Waals surface area contributed by atoms with Crippen molar-refractivity contribution in [2.24, 2.45) is 0 Å². The summed E-state index contributed by atoms with van der Waals surface area (Å²) in [7, 11) is 0. The number of aryl methyl sites for hydroxylation is 1. The van der Waals surface area contributed by atoms with Crippen LogP contribution in [0.1, 0.15) is 5.56 Å². The summed E-state index contributed by atoms with van der Waals surface area (Å²) in [6.45, 7) is 2.05. The van der Waals surface area contributed by atoms with E-state index in [0.29, 0.717) is 0 Å². The predicted octanol–water partition coefficient (Wildman–Crippen LogP) is 3.65. The first-order valence-electron chi connectivity index (χ1n) is 6.97. The van der Waals surface area contributed by atoms with E-state index in [1.54, 1.807) is 0 Å². The van der Waals surface area contributed by atoms with Gasteiger partial charge in [-0.05, 0) is 19.1 Å². The van der Waals surface area contributed by atoms with Crippen LogP contribution in [0, 0.1) is 6.92 Å². The van der Waals surface area contributed by atoms with Crippen LogP contribution in [-0.4, -0.2) is 0 Å². The lowest BCUT2D eigenvalue weighted by atomic mass is 10.1. The molecule has 0 unspecified atom stereocenters. The predicted molar refractivity (Wildman–Crippen MR) is 84.5 cm³/mol. The quantitative estimate of drug-likeness (QED) is 0.456. The Hall–Kier alpha value is -2.83. The highest BCUT2D eigenvalue weighted by Crippen LogP contribution is 2.34. The van der Waals surface area contributed by atoms with Crippen molar-refractivity contribution in [1.29, 1.82) is 0 Å². The van der Waals surface area contributed by atoms with E-state index in [1.807, 2.05) is 30.4 Å². The number of allylic oxidation sites excluding steroid dienone is 2. The van der Waals surface area contributed by atoms with Gasteiger partial charge in [0.15, 0.2) is 5.58 Å². The van der Waals surface area contributed by atoms with Crippen molar-refractivity contribution in [1.82, 2.24) is 0 Å². The lowest BCUT2D eigenvalue weighted by Gasteiger charge is -1.95. The van der Waals surface area contributed by atoms with Gasteiger partial charge in [-0.25, -0.2) is 0 Å². The van der Waals surface area contributed by atoms with Crippen molar-refractivity contribution < 1.29 is 8.83 Å². The van der Waals surface area contributed by atoms with E-state index in [4.69, 9.17) is 8.83 Å². The number of furan rings is 2. The van der Waals surface area contributed by atoms with E-state index in [1.165, 1.54) is 0 Å². The van der Waals surface area contributed by atoms with Crippen LogP contribution in [0.3, 0.4) is 0 Å². The van der Waals surface area contributed by atoms with E-state index in [-0.39, 0.29) is 0 Å². The average molecular weight is 271 g/mol. The van der Waals surface area contributed by atoms with Gasteiger partial charge in [-0.1, -0.05) is 18.2 Å². The summed E-state index contributed by atoms with van der Waals surface area (Å²) in [5.74, 6) is 0. The van der Waals surface area contributed by atoms with Crippen molar-refractivity contribution in [3.05, 3.63) is 58.7 Å². The summed E-state index contributed by atoms with van der Waals surface area (Å²) >= 11 is 0. The number of benzene rings is 2. The van der Waals surface area contributed by atoms with Gasteiger partial charge in [0.05, 0.1) is 17.5 Å². The second kappa shape index (κ2) is 3.63. The first-order valence-corrected chi connectivity index (χ1v) is 6.97. The van der Waals surface area contributed by atoms with Gasteiger partial charge in [-0.15, -0.1) is 0 Å². The molecule has 4 aromatic rings. The molecule has 0 radical (unpaired) electrons. The molecular formula is C19H11O2+. The number of hydrogen-bond donors (Lipinski definition) is 0. The maximum absolute atomic E-state index is 6.02. The Morgan fingerprint density at radius 2 is 1.81 bits per heavy atom. The monoisotopic (exact) mass is 271 g/mol. The van der Waals surface area contributed by atoms with Crippen LogP contribution in [0.5, 0.6) is 0 Å². The van der Waals surface area contributed by atoms with Crippen LogP contribution >= 0.6 is 0 Å². The molecule has 1 aliphatic rings. The van der Waals surface area contributed by atoms with Crippen molar-refractivity contribution in [3.63, 3.8) is 0 Å². The number of para-hydroxylation sites is 1. The smallest absolute Gasteiger partial charge is 0.303 e. The zero-order valence-corrected chi connectivity index (χ0v) is 11.4. The molecule has 5 rings (SSSR count). The number of fused-ring (bicyclic) bond motifs is 6. The van der Waals surface area contributed by atoms with Crippen molar-refractivity contribution >= 4 is 45.1 Å². The topological polar surface area (TPSA) is 26.3 Å². The standard InChI is InChI=1S/C19H11O2/c1-11-18-14(12-6-2-4-8-16(12)20-18)10-15-13-7-3-5-9-17(13)21-19(11)15/h2-8,10H,1H3/q+1. The largest absolute Gasteiger partial charge is 0.456 e. The lowest BCUT2D eigenvalue weighted by molar-refractivity contribution is 0.572. The zero-order valence-electron chi connectivity index (χ0n) is 11.4. The fourth-order valence-electron chi connectivity index (χ4n) is 3.15. The van der Waals surface area contributed by atoms with Gasteiger partial charge >= 0.3 is 5.42 Å². The summed E-state index contributed by atoms with van der Waals surface area (Å²) in [4.78, 5) is 0. The molecule has 2 aromatic carbocycles. The van der Waals surface area contributed by atoms with Crippen molar-refractivity contribution in [2.75, 3.05) is 0 Å². The Balaban J connectivity index is 2.11. The van der Waals surface area contributed by atoms with Gasteiger partial charge in [0, 0.05) is 22.4 Å². The van der Waals surface area contributed by atoms with Crippen LogP contribution in [-0.2, 0) is 0 Å². The number of rotatable bonds is 0. The second-order valence-corrected chi connectivity index (χ2v) is 5.37. The minimum absolute atomic E-state index is 0.799. The molecule has 0 amide bonds. The van der Waals surface area contributed by atoms with E-state index in [0.717, 1.165) is 49.1 Å². The highest BCUT2D eigenvalue weighted by atomic mass is 16.3. The Kier molecular flexibility index (Phi) is 1.88. The molecule has 1 aliphatic carbocycles. The first kappa shape index (κ1) is 10.9. The normalized spacial score (nSPS) is 13.2. The molecule has 98 valence electrons. The maximum atomic E-state index is 6.02. The van der Waals surface area contributed by atoms with Crippen LogP contribution in [0.15, 0.2) is 51.3 Å². The molecule has 0 fully saturated rings. The maximum Gasteiger partial charge on any atom is 0.303 e. The third kappa shape index (κ3) is 1.30. The van der Waals surface area contributed by atoms with Crippen LogP contribution in [0.2, 0.25) is 0 Å². The fourth-order valence-corrected chi connectivity index (χ4v) is 3.15. The molecule has 2 heteroatoms. The van der Waals surface area contributed by atoms with Crippen LogP contribution < -0.4 is 10.6 Å². The summed E-state index contributed by atoms with van der Waals surface area (Å²) in [6.07, 6.45) is 9.09. The summed E-state index contributed by atoms with van der Waals surface area (Å²) < 4.78 is 12.0. The van der Waals surface area contributed by atoms with Crippen molar-refractivity contribution in [3.8, 4) is 0 Å². The van der Waals surface area contributed by atoms with E-state index in [2.05, 4.69) is 31.2 Å². The van der Waals surface area contributed by atoms with Crippen LogP contribution in [0.25, 0.3) is 45.1 Å². The van der Waals surface area contributed by atoms with Gasteiger partial charge in [0.2, 0.25) is 0 Å². The van der Waals surface area contributed by atoms with E-state index >= 15 is 0 Å². The molecule has 2 aromatic heterocycles. The third-order valence-electron chi connectivity index (χ3n) is 4.16. The van der Waals surface area contributed by atoms with Crippen LogP contribution in [0.4, 0.5) is 0 Å². The molecule has 0 saturated heterocycles.